The van der Waals surface area contributed by atoms with E-state index in [0.29, 0.717) is 38.6 Å². The molecule has 1 unspecified atom stereocenters. The number of ether oxygens (including phenoxy) is 1. The number of amides is 2. The van der Waals surface area contributed by atoms with E-state index in [-0.39, 0.29) is 42.4 Å². The van der Waals surface area contributed by atoms with Gasteiger partial charge < -0.3 is 30.0 Å². The molecule has 2 aromatic carbocycles. The Morgan fingerprint density at radius 2 is 1.88 bits per heavy atom. The average Bonchev–Trinajstić information content (AvgIpc) is 3.48. The Balaban J connectivity index is 1.21. The van der Waals surface area contributed by atoms with Crippen molar-refractivity contribution < 1.29 is 19.4 Å². The van der Waals surface area contributed by atoms with Gasteiger partial charge in [0.05, 0.1) is 32.9 Å². The van der Waals surface area contributed by atoms with E-state index in [2.05, 4.69) is 25.2 Å². The number of nitrogens with one attached hydrogen (secondary N) is 3. The van der Waals surface area contributed by atoms with Crippen LogP contribution in [0.15, 0.2) is 47.4 Å². The number of aromatic nitrogens is 3. The lowest BCUT2D eigenvalue weighted by Crippen LogP contribution is -2.46. The summed E-state index contributed by atoms with van der Waals surface area (Å²) >= 11 is 6.21. The predicted molar refractivity (Wildman–Crippen MR) is 159 cm³/mol. The molecule has 4 aromatic rings. The third kappa shape index (κ3) is 5.15. The molecule has 218 valence electrons. The van der Waals surface area contributed by atoms with Gasteiger partial charge in [0, 0.05) is 18.8 Å². The third-order valence-electron chi connectivity index (χ3n) is 7.88. The first-order chi connectivity index (χ1) is 20.2. The minimum Gasteiger partial charge on any atom is -0.489 e. The number of aliphatic hydroxyl groups excluding tert-OH is 1. The Bertz CT molecular complexity index is 1670. The van der Waals surface area contributed by atoms with Crippen LogP contribution in [0.4, 0.5) is 5.69 Å². The Hall–Kier alpha value is -4.19. The average molecular weight is 591 g/mol. The van der Waals surface area contributed by atoms with E-state index in [0.717, 1.165) is 31.5 Å². The molecule has 4 heterocycles. The van der Waals surface area contributed by atoms with E-state index < -0.39 is 11.7 Å². The summed E-state index contributed by atoms with van der Waals surface area (Å²) in [6.45, 7) is 3.61. The highest BCUT2D eigenvalue weighted by atomic mass is 35.5. The number of benzene rings is 2. The lowest BCUT2D eigenvalue weighted by Gasteiger charge is -2.33. The fourth-order valence-electron chi connectivity index (χ4n) is 5.59. The number of aliphatic hydroxyl groups is 1. The van der Waals surface area contributed by atoms with Crippen molar-refractivity contribution in [1.82, 2.24) is 24.8 Å². The highest BCUT2D eigenvalue weighted by Crippen LogP contribution is 2.33. The minimum absolute atomic E-state index is 0.0110. The molecule has 0 bridgehead atoms. The highest BCUT2D eigenvalue weighted by molar-refractivity contribution is 6.32. The first-order valence-electron chi connectivity index (χ1n) is 13.8. The van der Waals surface area contributed by atoms with Gasteiger partial charge in [-0.1, -0.05) is 23.7 Å². The van der Waals surface area contributed by atoms with Crippen LogP contribution < -0.4 is 15.6 Å². The first-order valence-corrected chi connectivity index (χ1v) is 14.2. The number of carbonyl (C=O) groups is 2. The molecule has 12 heteroatoms. The first kappa shape index (κ1) is 28.0. The SMILES string of the molecule is Cc1cccc(Cl)c1OCC(O)CNc1cc[nH]c(=O)c1-c1nc2cc3c(cc2[nH]1)C(=O)N(C1CCN(C)CC1)C3=O. The molecule has 1 atom stereocenters. The van der Waals surface area contributed by atoms with Crippen molar-refractivity contribution in [1.29, 1.82) is 0 Å². The van der Waals surface area contributed by atoms with E-state index >= 15 is 0 Å². The van der Waals surface area contributed by atoms with Gasteiger partial charge in [0.2, 0.25) is 0 Å². The summed E-state index contributed by atoms with van der Waals surface area (Å²) in [5.74, 6) is 0.169. The van der Waals surface area contributed by atoms with Gasteiger partial charge in [0.15, 0.2) is 0 Å². The summed E-state index contributed by atoms with van der Waals surface area (Å²) in [7, 11) is 2.03. The lowest BCUT2D eigenvalue weighted by molar-refractivity contribution is 0.0516. The number of para-hydroxylation sites is 1. The number of hydrogen-bond donors (Lipinski definition) is 4. The zero-order chi connectivity index (χ0) is 29.5. The molecule has 2 aliphatic heterocycles. The Kier molecular flexibility index (Phi) is 7.48. The van der Waals surface area contributed by atoms with Gasteiger partial charge in [-0.05, 0) is 69.7 Å². The number of aryl methyl sites for hydroxylation is 1. The van der Waals surface area contributed by atoms with Gasteiger partial charge >= 0.3 is 0 Å². The molecule has 1 fully saturated rings. The number of likely N-dealkylation sites (tertiary alicyclic amines) is 1. The molecule has 2 aromatic heterocycles. The fourth-order valence-corrected chi connectivity index (χ4v) is 5.87. The fraction of sp³-hybridized carbons (Fsp3) is 0.333. The molecule has 0 spiro atoms. The van der Waals surface area contributed by atoms with Crippen molar-refractivity contribution in [2.75, 3.05) is 38.6 Å². The zero-order valence-electron chi connectivity index (χ0n) is 23.2. The second-order valence-corrected chi connectivity index (χ2v) is 11.2. The van der Waals surface area contributed by atoms with E-state index in [1.165, 1.54) is 11.1 Å². The number of halogens is 1. The lowest BCUT2D eigenvalue weighted by atomic mass is 10.0. The number of imide groups is 1. The van der Waals surface area contributed by atoms with Crippen molar-refractivity contribution in [3.8, 4) is 17.1 Å². The van der Waals surface area contributed by atoms with Crippen LogP contribution in [0.1, 0.15) is 39.1 Å². The van der Waals surface area contributed by atoms with Gasteiger partial charge in [-0.25, -0.2) is 4.98 Å². The standard InChI is InChI=1S/C30H31ClN6O5/c1-16-4-3-5-21(31)26(16)42-15-18(38)14-33-22-6-9-32-28(39)25(22)27-34-23-12-19-20(13-24(23)35-27)30(41)37(29(19)40)17-7-10-36(2)11-8-17/h3-6,9,12-13,17-18,38H,7-8,10-11,14-15H2,1-2H3,(H,34,35)(H2,32,33,39). The molecule has 6 rings (SSSR count). The van der Waals surface area contributed by atoms with Crippen molar-refractivity contribution in [3.63, 3.8) is 0 Å². The number of nitrogens with zero attached hydrogens (tertiary/aromatic N) is 3. The van der Waals surface area contributed by atoms with Gasteiger partial charge in [0.1, 0.15) is 29.8 Å². The molecule has 2 amide bonds. The van der Waals surface area contributed by atoms with Crippen LogP contribution in [0.5, 0.6) is 5.75 Å². The summed E-state index contributed by atoms with van der Waals surface area (Å²) in [6.07, 6.45) is 2.08. The molecule has 2 aliphatic rings. The van der Waals surface area contributed by atoms with E-state index in [1.54, 1.807) is 24.3 Å². The largest absolute Gasteiger partial charge is 0.489 e. The van der Waals surface area contributed by atoms with Crippen molar-refractivity contribution >= 4 is 40.1 Å². The summed E-state index contributed by atoms with van der Waals surface area (Å²) in [5, 5.41) is 14.1. The normalized spacial score (nSPS) is 16.7. The molecule has 42 heavy (non-hydrogen) atoms. The van der Waals surface area contributed by atoms with Crippen LogP contribution in [-0.4, -0.2) is 87.1 Å². The second kappa shape index (κ2) is 11.2. The summed E-state index contributed by atoms with van der Waals surface area (Å²) in [5.41, 5.74) is 2.78. The summed E-state index contributed by atoms with van der Waals surface area (Å²) < 4.78 is 5.73. The van der Waals surface area contributed by atoms with Crippen molar-refractivity contribution in [2.24, 2.45) is 0 Å². The zero-order valence-corrected chi connectivity index (χ0v) is 24.0. The number of piperidine rings is 1. The van der Waals surface area contributed by atoms with E-state index in [4.69, 9.17) is 16.3 Å². The van der Waals surface area contributed by atoms with E-state index in [9.17, 15) is 19.5 Å². The second-order valence-electron chi connectivity index (χ2n) is 10.8. The molecule has 11 nitrogen and oxygen atoms in total. The summed E-state index contributed by atoms with van der Waals surface area (Å²) in [4.78, 5) is 53.5. The Morgan fingerprint density at radius 1 is 1.14 bits per heavy atom. The Morgan fingerprint density at radius 3 is 2.62 bits per heavy atom. The van der Waals surface area contributed by atoms with Crippen molar-refractivity contribution in [3.05, 3.63) is 74.7 Å². The number of carbonyl (C=O) groups excluding carboxylic acids is 2. The van der Waals surface area contributed by atoms with Gasteiger partial charge in [-0.2, -0.15) is 0 Å². The van der Waals surface area contributed by atoms with Crippen molar-refractivity contribution in [2.45, 2.75) is 31.9 Å². The van der Waals surface area contributed by atoms with Gasteiger partial charge in [-0.15, -0.1) is 0 Å². The molecule has 4 N–H and O–H groups in total. The molecular formula is C30H31ClN6O5. The number of imidazole rings is 1. The van der Waals surface area contributed by atoms with Gasteiger partial charge in [-0.3, -0.25) is 19.3 Å². The molecule has 0 saturated carbocycles. The maximum atomic E-state index is 13.3. The topological polar surface area (TPSA) is 144 Å². The number of rotatable bonds is 8. The number of pyridine rings is 1. The smallest absolute Gasteiger partial charge is 0.261 e. The van der Waals surface area contributed by atoms with Crippen LogP contribution >= 0.6 is 11.6 Å². The maximum Gasteiger partial charge on any atom is 0.261 e. The minimum atomic E-state index is -0.906. The monoisotopic (exact) mass is 590 g/mol. The molecule has 1 saturated heterocycles. The van der Waals surface area contributed by atoms with E-state index in [1.807, 2.05) is 26.1 Å². The van der Waals surface area contributed by atoms with Crippen LogP contribution in [0.2, 0.25) is 5.02 Å². The highest BCUT2D eigenvalue weighted by Gasteiger charge is 2.41. The molecular weight excluding hydrogens is 560 g/mol. The van der Waals surface area contributed by atoms with Crippen LogP contribution in [0, 0.1) is 6.92 Å². The van der Waals surface area contributed by atoms with Crippen LogP contribution in [0.25, 0.3) is 22.4 Å². The molecule has 0 radical (unpaired) electrons. The molecule has 0 aliphatic carbocycles. The van der Waals surface area contributed by atoms with Crippen LogP contribution in [0.3, 0.4) is 0 Å². The summed E-state index contributed by atoms with van der Waals surface area (Å²) in [6, 6.07) is 10.2. The Labute approximate surface area is 246 Å². The number of aromatic amines is 2. The third-order valence-corrected chi connectivity index (χ3v) is 8.18. The number of hydrogen-bond acceptors (Lipinski definition) is 8. The quantitative estimate of drug-likeness (QED) is 0.229. The number of anilines is 1. The predicted octanol–water partition coefficient (Wildman–Crippen LogP) is 3.42. The maximum absolute atomic E-state index is 13.3. The number of fused-ring (bicyclic) bond motifs is 2. The van der Waals surface area contributed by atoms with Gasteiger partial charge in [0.25, 0.3) is 17.4 Å². The van der Waals surface area contributed by atoms with Crippen LogP contribution in [-0.2, 0) is 0 Å². The number of H-pyrrole nitrogens is 2.